The molecule has 0 saturated heterocycles. The summed E-state index contributed by atoms with van der Waals surface area (Å²) in [5.41, 5.74) is -0.556. The Morgan fingerprint density at radius 1 is 1.75 bits per heavy atom. The first-order valence-electron chi connectivity index (χ1n) is 2.70. The lowest BCUT2D eigenvalue weighted by Crippen LogP contribution is -2.27. The van der Waals surface area contributed by atoms with E-state index in [0.717, 1.165) is 12.7 Å². The SMILES string of the molecule is CC[C@](C)(C=O)OC. The van der Waals surface area contributed by atoms with Gasteiger partial charge in [-0.05, 0) is 13.3 Å². The molecule has 0 heterocycles. The lowest BCUT2D eigenvalue weighted by molar-refractivity contribution is -0.125. The fourth-order valence-electron chi connectivity index (χ4n) is 0.276. The van der Waals surface area contributed by atoms with E-state index in [1.165, 1.54) is 7.11 Å². The molecule has 0 unspecified atom stereocenters. The van der Waals surface area contributed by atoms with Crippen LogP contribution < -0.4 is 0 Å². The zero-order valence-corrected chi connectivity index (χ0v) is 5.60. The summed E-state index contributed by atoms with van der Waals surface area (Å²) < 4.78 is 4.87. The molecule has 0 bridgehead atoms. The van der Waals surface area contributed by atoms with Gasteiger partial charge in [0.15, 0.2) is 6.29 Å². The van der Waals surface area contributed by atoms with E-state index in [9.17, 15) is 4.79 Å². The quantitative estimate of drug-likeness (QED) is 0.514. The van der Waals surface area contributed by atoms with Crippen LogP contribution in [0.3, 0.4) is 0 Å². The molecule has 0 spiro atoms. The van der Waals surface area contributed by atoms with Gasteiger partial charge in [0.1, 0.15) is 5.60 Å². The van der Waals surface area contributed by atoms with Gasteiger partial charge in [0.25, 0.3) is 0 Å². The second-order valence-corrected chi connectivity index (χ2v) is 1.99. The molecule has 0 aromatic heterocycles. The van der Waals surface area contributed by atoms with Crippen molar-refractivity contribution in [3.8, 4) is 0 Å². The van der Waals surface area contributed by atoms with Crippen molar-refractivity contribution in [2.75, 3.05) is 7.11 Å². The molecule has 0 fully saturated rings. The first kappa shape index (κ1) is 7.63. The van der Waals surface area contributed by atoms with Crippen molar-refractivity contribution in [1.82, 2.24) is 0 Å². The van der Waals surface area contributed by atoms with E-state index >= 15 is 0 Å². The largest absolute Gasteiger partial charge is 0.371 e. The maximum absolute atomic E-state index is 10.2. The van der Waals surface area contributed by atoms with Gasteiger partial charge >= 0.3 is 0 Å². The molecular weight excluding hydrogens is 104 g/mol. The van der Waals surface area contributed by atoms with Crippen LogP contribution in [0.5, 0.6) is 0 Å². The Labute approximate surface area is 49.8 Å². The van der Waals surface area contributed by atoms with Gasteiger partial charge in [-0.3, -0.25) is 0 Å². The second kappa shape index (κ2) is 2.82. The smallest absolute Gasteiger partial charge is 0.151 e. The van der Waals surface area contributed by atoms with E-state index in [2.05, 4.69) is 0 Å². The lowest BCUT2D eigenvalue weighted by atomic mass is 10.1. The van der Waals surface area contributed by atoms with Crippen molar-refractivity contribution in [2.45, 2.75) is 25.9 Å². The molecule has 0 rings (SSSR count). The molecule has 1 atom stereocenters. The maximum Gasteiger partial charge on any atom is 0.151 e. The monoisotopic (exact) mass is 116 g/mol. The predicted molar refractivity (Wildman–Crippen MR) is 31.8 cm³/mol. The van der Waals surface area contributed by atoms with Crippen LogP contribution in [-0.2, 0) is 9.53 Å². The minimum absolute atomic E-state index is 0.556. The Hall–Kier alpha value is -0.370. The van der Waals surface area contributed by atoms with E-state index in [1.54, 1.807) is 6.92 Å². The topological polar surface area (TPSA) is 26.3 Å². The number of carbonyl (C=O) groups excluding carboxylic acids is 1. The van der Waals surface area contributed by atoms with Gasteiger partial charge in [0.2, 0.25) is 0 Å². The van der Waals surface area contributed by atoms with Crippen LogP contribution in [0.25, 0.3) is 0 Å². The third-order valence-corrected chi connectivity index (χ3v) is 1.42. The summed E-state index contributed by atoms with van der Waals surface area (Å²) in [6.07, 6.45) is 1.56. The lowest BCUT2D eigenvalue weighted by Gasteiger charge is -2.17. The average molecular weight is 116 g/mol. The van der Waals surface area contributed by atoms with Crippen LogP contribution in [0, 0.1) is 0 Å². The number of carbonyl (C=O) groups is 1. The summed E-state index contributed by atoms with van der Waals surface area (Å²) in [5, 5.41) is 0. The standard InChI is InChI=1S/C6H12O2/c1-4-6(2,5-7)8-3/h5H,4H2,1-3H3/t6-/m1/s1. The summed E-state index contributed by atoms with van der Waals surface area (Å²) in [6.45, 7) is 3.68. The molecule has 0 aliphatic rings. The van der Waals surface area contributed by atoms with Crippen LogP contribution in [-0.4, -0.2) is 19.0 Å². The fraction of sp³-hybridized carbons (Fsp3) is 0.833. The maximum atomic E-state index is 10.2. The molecule has 2 nitrogen and oxygen atoms in total. The van der Waals surface area contributed by atoms with E-state index in [1.807, 2.05) is 6.92 Å². The van der Waals surface area contributed by atoms with Crippen LogP contribution in [0.2, 0.25) is 0 Å². The van der Waals surface area contributed by atoms with Crippen molar-refractivity contribution in [3.05, 3.63) is 0 Å². The Kier molecular flexibility index (Phi) is 2.69. The molecule has 48 valence electrons. The van der Waals surface area contributed by atoms with Crippen molar-refractivity contribution >= 4 is 6.29 Å². The number of ether oxygens (including phenoxy) is 1. The van der Waals surface area contributed by atoms with Gasteiger partial charge in [-0.25, -0.2) is 0 Å². The first-order chi connectivity index (χ1) is 3.68. The zero-order valence-electron chi connectivity index (χ0n) is 5.60. The molecular formula is C6H12O2. The Balaban J connectivity index is 3.76. The first-order valence-corrected chi connectivity index (χ1v) is 2.70. The predicted octanol–water partition coefficient (Wildman–Crippen LogP) is 1.00. The minimum Gasteiger partial charge on any atom is -0.371 e. The molecule has 0 radical (unpaired) electrons. The molecule has 0 saturated carbocycles. The van der Waals surface area contributed by atoms with Crippen molar-refractivity contribution in [3.63, 3.8) is 0 Å². The van der Waals surface area contributed by atoms with Gasteiger partial charge in [-0.15, -0.1) is 0 Å². The summed E-state index contributed by atoms with van der Waals surface area (Å²) in [4.78, 5) is 10.2. The van der Waals surface area contributed by atoms with E-state index < -0.39 is 5.60 Å². The van der Waals surface area contributed by atoms with Crippen LogP contribution in [0.1, 0.15) is 20.3 Å². The normalized spacial score (nSPS) is 17.4. The molecule has 0 aliphatic carbocycles. The van der Waals surface area contributed by atoms with E-state index in [-0.39, 0.29) is 0 Å². The van der Waals surface area contributed by atoms with Crippen molar-refractivity contribution in [2.24, 2.45) is 0 Å². The number of rotatable bonds is 3. The molecule has 2 heteroatoms. The van der Waals surface area contributed by atoms with Gasteiger partial charge < -0.3 is 9.53 Å². The summed E-state index contributed by atoms with van der Waals surface area (Å²) in [7, 11) is 1.54. The number of aldehydes is 1. The van der Waals surface area contributed by atoms with Gasteiger partial charge in [-0.1, -0.05) is 6.92 Å². The highest BCUT2D eigenvalue weighted by atomic mass is 16.5. The molecule has 0 aliphatic heterocycles. The van der Waals surface area contributed by atoms with Crippen molar-refractivity contribution in [1.29, 1.82) is 0 Å². The average Bonchev–Trinajstić information content (AvgIpc) is 1.87. The molecule has 8 heavy (non-hydrogen) atoms. The van der Waals surface area contributed by atoms with Gasteiger partial charge in [0.05, 0.1) is 0 Å². The molecule has 0 amide bonds. The second-order valence-electron chi connectivity index (χ2n) is 1.99. The summed E-state index contributed by atoms with van der Waals surface area (Å²) in [5.74, 6) is 0. The minimum atomic E-state index is -0.556. The Morgan fingerprint density at radius 2 is 2.25 bits per heavy atom. The van der Waals surface area contributed by atoms with Crippen LogP contribution >= 0.6 is 0 Å². The fourth-order valence-corrected chi connectivity index (χ4v) is 0.276. The summed E-state index contributed by atoms with van der Waals surface area (Å²) >= 11 is 0. The van der Waals surface area contributed by atoms with Crippen LogP contribution in [0.4, 0.5) is 0 Å². The van der Waals surface area contributed by atoms with Crippen LogP contribution in [0.15, 0.2) is 0 Å². The Morgan fingerprint density at radius 3 is 2.25 bits per heavy atom. The summed E-state index contributed by atoms with van der Waals surface area (Å²) in [6, 6.07) is 0. The highest BCUT2D eigenvalue weighted by Gasteiger charge is 2.18. The number of hydrogen-bond acceptors (Lipinski definition) is 2. The van der Waals surface area contributed by atoms with Gasteiger partial charge in [-0.2, -0.15) is 0 Å². The number of hydrogen-bond donors (Lipinski definition) is 0. The Bertz CT molecular complexity index is 74.6. The number of methoxy groups -OCH3 is 1. The molecule has 0 N–H and O–H groups in total. The third-order valence-electron chi connectivity index (χ3n) is 1.42. The third kappa shape index (κ3) is 1.62. The molecule has 0 aromatic carbocycles. The highest BCUT2D eigenvalue weighted by Crippen LogP contribution is 2.08. The zero-order chi connectivity index (χ0) is 6.62. The van der Waals surface area contributed by atoms with E-state index in [0.29, 0.717) is 0 Å². The van der Waals surface area contributed by atoms with Gasteiger partial charge in [0, 0.05) is 7.11 Å². The molecule has 0 aromatic rings. The highest BCUT2D eigenvalue weighted by molar-refractivity contribution is 5.61. The van der Waals surface area contributed by atoms with E-state index in [4.69, 9.17) is 4.74 Å². The van der Waals surface area contributed by atoms with Crippen molar-refractivity contribution < 1.29 is 9.53 Å².